The maximum atomic E-state index is 6.27. The molecule has 2 aromatic carbocycles. The third-order valence-corrected chi connectivity index (χ3v) is 4.64. The number of furan rings is 1. The minimum atomic E-state index is 0.767. The van der Waals surface area contributed by atoms with E-state index in [1.165, 1.54) is 21.9 Å². The number of benzene rings is 2. The summed E-state index contributed by atoms with van der Waals surface area (Å²) in [4.78, 5) is 0. The molecule has 0 N–H and O–H groups in total. The highest BCUT2D eigenvalue weighted by atomic mass is 16.5. The first-order valence-corrected chi connectivity index (χ1v) is 8.74. The Morgan fingerprint density at radius 3 is 2.26 bits per heavy atom. The summed E-state index contributed by atoms with van der Waals surface area (Å²) in [5.74, 6) is 0.941. The maximum absolute atomic E-state index is 6.27. The van der Waals surface area contributed by atoms with Crippen LogP contribution in [0.1, 0.15) is 49.8 Å². The van der Waals surface area contributed by atoms with Crippen molar-refractivity contribution in [3.63, 3.8) is 0 Å². The van der Waals surface area contributed by atoms with Crippen molar-refractivity contribution < 1.29 is 9.15 Å². The lowest BCUT2D eigenvalue weighted by Gasteiger charge is -2.08. The molecule has 0 aliphatic rings. The zero-order chi connectivity index (χ0) is 16.4. The van der Waals surface area contributed by atoms with Gasteiger partial charge in [-0.15, -0.1) is 0 Å². The van der Waals surface area contributed by atoms with E-state index in [4.69, 9.17) is 9.15 Å². The van der Waals surface area contributed by atoms with E-state index in [0.717, 1.165) is 54.8 Å². The first-order chi connectivity index (χ1) is 11.2. The molecule has 0 amide bonds. The summed E-state index contributed by atoms with van der Waals surface area (Å²) in [7, 11) is 0. The minimum Gasteiger partial charge on any atom is -0.493 e. The van der Waals surface area contributed by atoms with Crippen LogP contribution in [0.25, 0.3) is 21.9 Å². The molecule has 0 bridgehead atoms. The molecule has 0 aliphatic carbocycles. The van der Waals surface area contributed by atoms with Crippen LogP contribution in [0.4, 0.5) is 0 Å². The van der Waals surface area contributed by atoms with Crippen LogP contribution in [0, 0.1) is 13.8 Å². The van der Waals surface area contributed by atoms with Crippen molar-refractivity contribution in [1.82, 2.24) is 0 Å². The average molecular weight is 310 g/mol. The SMILES string of the molecule is CCCCOc1ccc2c(oc3c(C)c(CCC)ccc32)c1C. The molecular weight excluding hydrogens is 284 g/mol. The summed E-state index contributed by atoms with van der Waals surface area (Å²) in [5, 5.41) is 2.40. The summed E-state index contributed by atoms with van der Waals surface area (Å²) in [6, 6.07) is 8.67. The number of hydrogen-bond acceptors (Lipinski definition) is 2. The zero-order valence-electron chi connectivity index (χ0n) is 14.7. The third-order valence-electron chi connectivity index (χ3n) is 4.64. The molecule has 0 saturated heterocycles. The second-order valence-electron chi connectivity index (χ2n) is 6.35. The van der Waals surface area contributed by atoms with Crippen LogP contribution in [-0.2, 0) is 6.42 Å². The molecule has 3 rings (SSSR count). The number of rotatable bonds is 6. The zero-order valence-corrected chi connectivity index (χ0v) is 14.7. The fourth-order valence-electron chi connectivity index (χ4n) is 3.22. The Balaban J connectivity index is 2.11. The molecule has 0 radical (unpaired) electrons. The third kappa shape index (κ3) is 2.83. The standard InChI is InChI=1S/C21H26O2/c1-5-7-13-22-19-12-11-18-17-10-9-16(8-6-2)14(3)20(17)23-21(18)15(19)4/h9-12H,5-8,13H2,1-4H3. The van der Waals surface area contributed by atoms with Gasteiger partial charge in [0.1, 0.15) is 16.9 Å². The van der Waals surface area contributed by atoms with Crippen LogP contribution in [0.3, 0.4) is 0 Å². The van der Waals surface area contributed by atoms with Crippen LogP contribution in [0.5, 0.6) is 5.75 Å². The predicted octanol–water partition coefficient (Wildman–Crippen LogP) is 6.33. The van der Waals surface area contributed by atoms with Gasteiger partial charge in [0, 0.05) is 16.3 Å². The summed E-state index contributed by atoms with van der Waals surface area (Å²) in [6.45, 7) is 9.42. The van der Waals surface area contributed by atoms with Gasteiger partial charge in [-0.05, 0) is 49.9 Å². The Bertz CT molecular complexity index is 827. The number of aryl methyl sites for hydroxylation is 3. The number of hydrogen-bond donors (Lipinski definition) is 0. The van der Waals surface area contributed by atoms with Crippen LogP contribution in [0.2, 0.25) is 0 Å². The Kier molecular flexibility index (Phi) is 4.61. The van der Waals surface area contributed by atoms with Gasteiger partial charge in [-0.1, -0.05) is 38.8 Å². The predicted molar refractivity (Wildman–Crippen MR) is 97.6 cm³/mol. The smallest absolute Gasteiger partial charge is 0.142 e. The maximum Gasteiger partial charge on any atom is 0.142 e. The molecule has 0 spiro atoms. The van der Waals surface area contributed by atoms with E-state index in [1.807, 2.05) is 0 Å². The van der Waals surface area contributed by atoms with E-state index < -0.39 is 0 Å². The largest absolute Gasteiger partial charge is 0.493 e. The van der Waals surface area contributed by atoms with Crippen molar-refractivity contribution in [2.24, 2.45) is 0 Å². The van der Waals surface area contributed by atoms with E-state index in [0.29, 0.717) is 0 Å². The molecule has 3 aromatic rings. The van der Waals surface area contributed by atoms with E-state index >= 15 is 0 Å². The van der Waals surface area contributed by atoms with Gasteiger partial charge in [0.2, 0.25) is 0 Å². The van der Waals surface area contributed by atoms with Gasteiger partial charge in [0.05, 0.1) is 6.61 Å². The Morgan fingerprint density at radius 1 is 0.870 bits per heavy atom. The van der Waals surface area contributed by atoms with E-state index in [2.05, 4.69) is 52.0 Å². The van der Waals surface area contributed by atoms with Gasteiger partial charge in [0.25, 0.3) is 0 Å². The molecule has 1 aromatic heterocycles. The second kappa shape index (κ2) is 6.66. The van der Waals surface area contributed by atoms with Gasteiger partial charge >= 0.3 is 0 Å². The molecule has 0 unspecified atom stereocenters. The molecule has 1 heterocycles. The van der Waals surface area contributed by atoms with Gasteiger partial charge < -0.3 is 9.15 Å². The Morgan fingerprint density at radius 2 is 1.57 bits per heavy atom. The molecular formula is C21H26O2. The molecule has 2 nitrogen and oxygen atoms in total. The first kappa shape index (κ1) is 15.9. The highest BCUT2D eigenvalue weighted by Gasteiger charge is 2.15. The molecule has 0 aliphatic heterocycles. The normalized spacial score (nSPS) is 11.5. The van der Waals surface area contributed by atoms with Gasteiger partial charge in [0.15, 0.2) is 0 Å². The molecule has 0 saturated carbocycles. The minimum absolute atomic E-state index is 0.767. The van der Waals surface area contributed by atoms with Gasteiger partial charge in [-0.3, -0.25) is 0 Å². The van der Waals surface area contributed by atoms with Crippen molar-refractivity contribution in [3.8, 4) is 5.75 Å². The molecule has 23 heavy (non-hydrogen) atoms. The lowest BCUT2D eigenvalue weighted by molar-refractivity contribution is 0.307. The number of fused-ring (bicyclic) bond motifs is 3. The fraction of sp³-hybridized carbons (Fsp3) is 0.429. The van der Waals surface area contributed by atoms with Gasteiger partial charge in [-0.25, -0.2) is 0 Å². The summed E-state index contributed by atoms with van der Waals surface area (Å²) in [5.41, 5.74) is 5.75. The van der Waals surface area contributed by atoms with E-state index in [1.54, 1.807) is 0 Å². The van der Waals surface area contributed by atoms with Crippen LogP contribution in [-0.4, -0.2) is 6.61 Å². The Hall–Kier alpha value is -1.96. The summed E-state index contributed by atoms with van der Waals surface area (Å²) in [6.07, 6.45) is 4.48. The number of unbranched alkanes of at least 4 members (excludes halogenated alkanes) is 1. The Labute approximate surface area is 138 Å². The first-order valence-electron chi connectivity index (χ1n) is 8.74. The molecule has 2 heteroatoms. The van der Waals surface area contributed by atoms with Crippen LogP contribution >= 0.6 is 0 Å². The van der Waals surface area contributed by atoms with Crippen LogP contribution < -0.4 is 4.74 Å². The average Bonchev–Trinajstić information content (AvgIpc) is 2.93. The lowest BCUT2D eigenvalue weighted by Crippen LogP contribution is -1.97. The molecule has 0 fully saturated rings. The topological polar surface area (TPSA) is 22.4 Å². The number of ether oxygens (including phenoxy) is 1. The van der Waals surface area contributed by atoms with Crippen molar-refractivity contribution in [2.75, 3.05) is 6.61 Å². The second-order valence-corrected chi connectivity index (χ2v) is 6.35. The lowest BCUT2D eigenvalue weighted by atomic mass is 10.0. The highest BCUT2D eigenvalue weighted by molar-refractivity contribution is 6.07. The monoisotopic (exact) mass is 310 g/mol. The van der Waals surface area contributed by atoms with Crippen molar-refractivity contribution in [2.45, 2.75) is 53.4 Å². The highest BCUT2D eigenvalue weighted by Crippen LogP contribution is 2.37. The van der Waals surface area contributed by atoms with Crippen LogP contribution in [0.15, 0.2) is 28.7 Å². The van der Waals surface area contributed by atoms with Crippen molar-refractivity contribution in [1.29, 1.82) is 0 Å². The summed E-state index contributed by atoms with van der Waals surface area (Å²) < 4.78 is 12.2. The quantitative estimate of drug-likeness (QED) is 0.496. The molecule has 122 valence electrons. The van der Waals surface area contributed by atoms with E-state index in [-0.39, 0.29) is 0 Å². The molecule has 0 atom stereocenters. The van der Waals surface area contributed by atoms with Crippen molar-refractivity contribution >= 4 is 21.9 Å². The van der Waals surface area contributed by atoms with Crippen molar-refractivity contribution in [3.05, 3.63) is 41.0 Å². The van der Waals surface area contributed by atoms with Gasteiger partial charge in [-0.2, -0.15) is 0 Å². The summed E-state index contributed by atoms with van der Waals surface area (Å²) >= 11 is 0. The van der Waals surface area contributed by atoms with E-state index in [9.17, 15) is 0 Å². The fourth-order valence-corrected chi connectivity index (χ4v) is 3.22.